The highest BCUT2D eigenvalue weighted by Crippen LogP contribution is 2.30. The minimum Gasteiger partial charge on any atom is -0.371 e. The number of halogens is 2. The minimum atomic E-state index is -3.46. The standard InChI is InChI=1S/C14H20Cl2N2O3S/c1-3-17(4-2)22(19,20)18-7-8-21-14(10-18)11-5-6-12(15)13(16)9-11/h5-6,9,14H,3-4,7-8,10H2,1-2H3/t14-/m1/s1. The quantitative estimate of drug-likeness (QED) is 0.804. The van der Waals surface area contributed by atoms with E-state index in [1.165, 1.54) is 8.61 Å². The fourth-order valence-electron chi connectivity index (χ4n) is 2.46. The lowest BCUT2D eigenvalue weighted by Crippen LogP contribution is -2.49. The predicted molar refractivity (Wildman–Crippen MR) is 88.6 cm³/mol. The van der Waals surface area contributed by atoms with E-state index < -0.39 is 10.2 Å². The van der Waals surface area contributed by atoms with Gasteiger partial charge in [0.25, 0.3) is 10.2 Å². The van der Waals surface area contributed by atoms with Crippen LogP contribution in [-0.2, 0) is 14.9 Å². The van der Waals surface area contributed by atoms with Crippen molar-refractivity contribution in [2.24, 2.45) is 0 Å². The van der Waals surface area contributed by atoms with Crippen LogP contribution in [0.4, 0.5) is 0 Å². The zero-order chi connectivity index (χ0) is 16.3. The van der Waals surface area contributed by atoms with E-state index in [9.17, 15) is 8.42 Å². The number of rotatable bonds is 5. The molecule has 5 nitrogen and oxygen atoms in total. The lowest BCUT2D eigenvalue weighted by atomic mass is 10.1. The third kappa shape index (κ3) is 3.75. The molecule has 1 heterocycles. The first-order chi connectivity index (χ1) is 10.4. The van der Waals surface area contributed by atoms with Gasteiger partial charge in [-0.2, -0.15) is 17.0 Å². The van der Waals surface area contributed by atoms with Gasteiger partial charge in [-0.1, -0.05) is 43.1 Å². The highest BCUT2D eigenvalue weighted by atomic mass is 35.5. The van der Waals surface area contributed by atoms with Crippen LogP contribution in [0.5, 0.6) is 0 Å². The third-order valence-electron chi connectivity index (χ3n) is 3.70. The molecule has 1 aliphatic rings. The van der Waals surface area contributed by atoms with E-state index in [1.54, 1.807) is 12.1 Å². The van der Waals surface area contributed by atoms with Crippen LogP contribution in [0.25, 0.3) is 0 Å². The van der Waals surface area contributed by atoms with Crippen molar-refractivity contribution in [1.82, 2.24) is 8.61 Å². The van der Waals surface area contributed by atoms with Gasteiger partial charge in [0, 0.05) is 26.2 Å². The maximum atomic E-state index is 12.6. The van der Waals surface area contributed by atoms with E-state index in [0.29, 0.717) is 36.3 Å². The summed E-state index contributed by atoms with van der Waals surface area (Å²) in [5, 5.41) is 0.903. The molecule has 1 aromatic carbocycles. The Morgan fingerprint density at radius 1 is 1.27 bits per heavy atom. The molecule has 1 fully saturated rings. The molecule has 0 N–H and O–H groups in total. The number of benzene rings is 1. The minimum absolute atomic E-state index is 0.275. The molecule has 0 spiro atoms. The zero-order valence-corrected chi connectivity index (χ0v) is 15.0. The number of hydrogen-bond acceptors (Lipinski definition) is 3. The van der Waals surface area contributed by atoms with Crippen molar-refractivity contribution in [3.05, 3.63) is 33.8 Å². The molecule has 1 atom stereocenters. The van der Waals surface area contributed by atoms with Crippen molar-refractivity contribution < 1.29 is 13.2 Å². The van der Waals surface area contributed by atoms with Gasteiger partial charge in [-0.15, -0.1) is 0 Å². The maximum Gasteiger partial charge on any atom is 0.282 e. The first-order valence-corrected chi connectivity index (χ1v) is 9.37. The number of hydrogen-bond donors (Lipinski definition) is 0. The lowest BCUT2D eigenvalue weighted by molar-refractivity contribution is -0.00422. The van der Waals surface area contributed by atoms with Crippen LogP contribution in [0, 0.1) is 0 Å². The fraction of sp³-hybridized carbons (Fsp3) is 0.571. The van der Waals surface area contributed by atoms with Gasteiger partial charge in [0.1, 0.15) is 0 Å². The summed E-state index contributed by atoms with van der Waals surface area (Å²) in [7, 11) is -3.46. The van der Waals surface area contributed by atoms with Crippen LogP contribution in [0.3, 0.4) is 0 Å². The Kier molecular flexibility index (Phi) is 6.10. The molecule has 0 amide bonds. The molecule has 0 unspecified atom stereocenters. The summed E-state index contributed by atoms with van der Waals surface area (Å²) >= 11 is 11.9. The van der Waals surface area contributed by atoms with Gasteiger partial charge in [-0.3, -0.25) is 0 Å². The zero-order valence-electron chi connectivity index (χ0n) is 12.6. The van der Waals surface area contributed by atoms with Crippen molar-refractivity contribution in [2.45, 2.75) is 20.0 Å². The summed E-state index contributed by atoms with van der Waals surface area (Å²) in [4.78, 5) is 0. The molecule has 22 heavy (non-hydrogen) atoms. The molecular weight excluding hydrogens is 347 g/mol. The molecule has 124 valence electrons. The Hall–Kier alpha value is -0.370. The first-order valence-electron chi connectivity index (χ1n) is 7.21. The highest BCUT2D eigenvalue weighted by molar-refractivity contribution is 7.86. The van der Waals surface area contributed by atoms with Crippen LogP contribution in [0.15, 0.2) is 18.2 Å². The summed E-state index contributed by atoms with van der Waals surface area (Å²) < 4.78 is 33.8. The fourth-order valence-corrected chi connectivity index (χ4v) is 4.38. The summed E-state index contributed by atoms with van der Waals surface area (Å²) in [5.41, 5.74) is 0.828. The molecule has 0 aromatic heterocycles. The average Bonchev–Trinajstić information content (AvgIpc) is 2.51. The summed E-state index contributed by atoms with van der Waals surface area (Å²) in [6.07, 6.45) is -0.339. The summed E-state index contributed by atoms with van der Waals surface area (Å²) in [6, 6.07) is 5.23. The number of nitrogens with zero attached hydrogens (tertiary/aromatic N) is 2. The Labute approximate surface area is 141 Å². The molecule has 1 saturated heterocycles. The summed E-state index contributed by atoms with van der Waals surface area (Å²) in [6.45, 7) is 5.55. The molecule has 0 aliphatic carbocycles. The van der Waals surface area contributed by atoms with Crippen molar-refractivity contribution in [2.75, 3.05) is 32.8 Å². The van der Waals surface area contributed by atoms with Gasteiger partial charge >= 0.3 is 0 Å². The highest BCUT2D eigenvalue weighted by Gasteiger charge is 2.33. The Balaban J connectivity index is 2.20. The lowest BCUT2D eigenvalue weighted by Gasteiger charge is -2.35. The number of morpholine rings is 1. The second-order valence-electron chi connectivity index (χ2n) is 4.98. The van der Waals surface area contributed by atoms with Gasteiger partial charge in [0.05, 0.1) is 22.8 Å². The van der Waals surface area contributed by atoms with E-state index in [-0.39, 0.29) is 12.6 Å². The maximum absolute atomic E-state index is 12.6. The van der Waals surface area contributed by atoms with E-state index in [0.717, 1.165) is 5.56 Å². The normalized spacial score (nSPS) is 20.5. The van der Waals surface area contributed by atoms with Crippen LogP contribution < -0.4 is 0 Å². The van der Waals surface area contributed by atoms with Gasteiger partial charge in [-0.25, -0.2) is 0 Å². The average molecular weight is 367 g/mol. The van der Waals surface area contributed by atoms with Crippen LogP contribution in [-0.4, -0.2) is 49.8 Å². The van der Waals surface area contributed by atoms with Crippen molar-refractivity contribution >= 4 is 33.4 Å². The van der Waals surface area contributed by atoms with E-state index in [1.807, 2.05) is 19.9 Å². The second-order valence-corrected chi connectivity index (χ2v) is 7.73. The predicted octanol–water partition coefficient (Wildman–Crippen LogP) is 2.95. The van der Waals surface area contributed by atoms with Crippen molar-refractivity contribution in [3.63, 3.8) is 0 Å². The van der Waals surface area contributed by atoms with E-state index in [2.05, 4.69) is 0 Å². The monoisotopic (exact) mass is 366 g/mol. The van der Waals surface area contributed by atoms with E-state index >= 15 is 0 Å². The smallest absolute Gasteiger partial charge is 0.282 e. The molecule has 2 rings (SSSR count). The van der Waals surface area contributed by atoms with E-state index in [4.69, 9.17) is 27.9 Å². The van der Waals surface area contributed by atoms with Crippen LogP contribution in [0.1, 0.15) is 25.5 Å². The molecule has 0 saturated carbocycles. The van der Waals surface area contributed by atoms with Crippen molar-refractivity contribution in [1.29, 1.82) is 0 Å². The molecular formula is C14H20Cl2N2O3S. The van der Waals surface area contributed by atoms with Gasteiger partial charge < -0.3 is 4.74 Å². The topological polar surface area (TPSA) is 49.9 Å². The molecule has 1 aliphatic heterocycles. The summed E-state index contributed by atoms with van der Waals surface area (Å²) in [5.74, 6) is 0. The number of ether oxygens (including phenoxy) is 1. The molecule has 1 aromatic rings. The largest absolute Gasteiger partial charge is 0.371 e. The van der Waals surface area contributed by atoms with Gasteiger partial charge in [0.15, 0.2) is 0 Å². The van der Waals surface area contributed by atoms with Crippen LogP contribution in [0.2, 0.25) is 10.0 Å². The Bertz CT molecular complexity index is 621. The molecule has 0 bridgehead atoms. The Morgan fingerprint density at radius 3 is 2.55 bits per heavy atom. The Morgan fingerprint density at radius 2 is 1.95 bits per heavy atom. The molecule has 8 heteroatoms. The van der Waals surface area contributed by atoms with Crippen molar-refractivity contribution in [3.8, 4) is 0 Å². The second kappa shape index (κ2) is 7.47. The molecule has 0 radical (unpaired) electrons. The first kappa shape index (κ1) is 18.0. The van der Waals surface area contributed by atoms with Crippen LogP contribution >= 0.6 is 23.2 Å². The third-order valence-corrected chi connectivity index (χ3v) is 6.59. The van der Waals surface area contributed by atoms with Gasteiger partial charge in [0.2, 0.25) is 0 Å². The van der Waals surface area contributed by atoms with Gasteiger partial charge in [-0.05, 0) is 17.7 Å². The SMILES string of the molecule is CCN(CC)S(=O)(=O)N1CCO[C@@H](c2ccc(Cl)c(Cl)c2)C1.